The highest BCUT2D eigenvalue weighted by Gasteiger charge is 2.26. The number of nitrogens with zero attached hydrogens (tertiary/aromatic N) is 4. The Kier molecular flexibility index (Phi) is 5.43. The van der Waals surface area contributed by atoms with E-state index in [-0.39, 0.29) is 12.5 Å². The lowest BCUT2D eigenvalue weighted by Crippen LogP contribution is -2.37. The summed E-state index contributed by atoms with van der Waals surface area (Å²) in [5.41, 5.74) is 3.18. The number of carbonyl (C=O) groups excluding carboxylic acids is 1. The third kappa shape index (κ3) is 4.09. The number of hydrogen-bond donors (Lipinski definition) is 0. The lowest BCUT2D eigenvalue weighted by atomic mass is 10.0. The van der Waals surface area contributed by atoms with Crippen molar-refractivity contribution < 1.29 is 14.3 Å². The molecule has 4 rings (SSSR count). The van der Waals surface area contributed by atoms with Gasteiger partial charge in [0, 0.05) is 31.4 Å². The van der Waals surface area contributed by atoms with Gasteiger partial charge in [-0.25, -0.2) is 9.97 Å². The van der Waals surface area contributed by atoms with Crippen LogP contribution in [0.4, 0.5) is 5.95 Å². The van der Waals surface area contributed by atoms with Crippen LogP contribution in [0.25, 0.3) is 0 Å². The van der Waals surface area contributed by atoms with E-state index in [1.807, 2.05) is 30.5 Å². The maximum Gasteiger partial charge on any atom is 0.261 e. The van der Waals surface area contributed by atoms with Crippen LogP contribution in [-0.4, -0.2) is 53.7 Å². The minimum atomic E-state index is -0.0427. The first kappa shape index (κ1) is 18.7. The smallest absolute Gasteiger partial charge is 0.261 e. The zero-order valence-electron chi connectivity index (χ0n) is 16.4. The Morgan fingerprint density at radius 2 is 1.93 bits per heavy atom. The van der Waals surface area contributed by atoms with E-state index in [1.165, 1.54) is 5.56 Å². The molecule has 1 fully saturated rings. The summed E-state index contributed by atoms with van der Waals surface area (Å²) in [6, 6.07) is 7.92. The van der Waals surface area contributed by atoms with Crippen molar-refractivity contribution in [3.63, 3.8) is 0 Å². The molecule has 0 N–H and O–H groups in total. The molecule has 1 saturated heterocycles. The normalized spacial score (nSPS) is 16.4. The summed E-state index contributed by atoms with van der Waals surface area (Å²) in [6.45, 7) is 8.35. The van der Waals surface area contributed by atoms with Crippen molar-refractivity contribution in [3.8, 4) is 5.75 Å². The largest absolute Gasteiger partial charge is 0.484 e. The zero-order chi connectivity index (χ0) is 19.5. The summed E-state index contributed by atoms with van der Waals surface area (Å²) in [5, 5.41) is 0. The van der Waals surface area contributed by atoms with Gasteiger partial charge in [0.25, 0.3) is 5.91 Å². The number of carbonyl (C=O) groups is 1. The number of hydrogen-bond acceptors (Lipinski definition) is 6. The average molecular weight is 382 g/mol. The van der Waals surface area contributed by atoms with Crippen LogP contribution in [0.5, 0.6) is 5.75 Å². The Hall–Kier alpha value is -2.67. The topological polar surface area (TPSA) is 67.8 Å². The predicted molar refractivity (Wildman–Crippen MR) is 105 cm³/mol. The Bertz CT molecular complexity index is 832. The highest BCUT2D eigenvalue weighted by Crippen LogP contribution is 2.23. The highest BCUT2D eigenvalue weighted by atomic mass is 16.5. The van der Waals surface area contributed by atoms with Crippen LogP contribution in [0.2, 0.25) is 0 Å². The fourth-order valence-electron chi connectivity index (χ4n) is 3.42. The highest BCUT2D eigenvalue weighted by molar-refractivity contribution is 5.78. The van der Waals surface area contributed by atoms with E-state index in [0.29, 0.717) is 38.0 Å². The van der Waals surface area contributed by atoms with E-state index >= 15 is 0 Å². The minimum Gasteiger partial charge on any atom is -0.484 e. The number of morpholine rings is 1. The van der Waals surface area contributed by atoms with E-state index in [1.54, 1.807) is 4.90 Å². The lowest BCUT2D eigenvalue weighted by Gasteiger charge is -2.26. The van der Waals surface area contributed by atoms with Gasteiger partial charge in [0.05, 0.1) is 25.5 Å². The number of benzene rings is 1. The molecule has 0 spiro atoms. The maximum absolute atomic E-state index is 12.6. The molecule has 0 atom stereocenters. The van der Waals surface area contributed by atoms with Crippen molar-refractivity contribution >= 4 is 11.9 Å². The summed E-state index contributed by atoms with van der Waals surface area (Å²) in [4.78, 5) is 25.6. The molecule has 2 aromatic rings. The molecule has 0 bridgehead atoms. The Balaban J connectivity index is 1.34. The summed E-state index contributed by atoms with van der Waals surface area (Å²) in [7, 11) is 0. The number of anilines is 1. The molecule has 1 aromatic carbocycles. The van der Waals surface area contributed by atoms with Crippen LogP contribution < -0.4 is 9.64 Å². The van der Waals surface area contributed by atoms with E-state index in [0.717, 1.165) is 30.3 Å². The molecule has 1 amide bonds. The Labute approximate surface area is 165 Å². The quantitative estimate of drug-likeness (QED) is 0.791. The molecular formula is C21H26N4O3. The van der Waals surface area contributed by atoms with Gasteiger partial charge in [-0.1, -0.05) is 26.0 Å². The van der Waals surface area contributed by atoms with Crippen molar-refractivity contribution in [1.29, 1.82) is 0 Å². The van der Waals surface area contributed by atoms with E-state index in [4.69, 9.17) is 9.47 Å². The average Bonchev–Trinajstić information content (AvgIpc) is 3.16. The zero-order valence-corrected chi connectivity index (χ0v) is 16.4. The second kappa shape index (κ2) is 8.14. The number of ether oxygens (including phenoxy) is 2. The number of amides is 1. The van der Waals surface area contributed by atoms with Gasteiger partial charge < -0.3 is 19.3 Å². The number of aromatic nitrogens is 2. The molecule has 28 heavy (non-hydrogen) atoms. The molecule has 0 unspecified atom stereocenters. The molecule has 2 aliphatic heterocycles. The molecule has 0 aliphatic carbocycles. The first-order chi connectivity index (χ1) is 13.6. The molecule has 148 valence electrons. The third-order valence-corrected chi connectivity index (χ3v) is 5.20. The number of rotatable bonds is 5. The van der Waals surface area contributed by atoms with Crippen molar-refractivity contribution in [3.05, 3.63) is 47.3 Å². The minimum absolute atomic E-state index is 0.0266. The second-order valence-corrected chi connectivity index (χ2v) is 7.50. The molecule has 0 saturated carbocycles. The van der Waals surface area contributed by atoms with Crippen LogP contribution in [0.1, 0.15) is 36.6 Å². The summed E-state index contributed by atoms with van der Waals surface area (Å²) < 4.78 is 11.1. The van der Waals surface area contributed by atoms with E-state index in [9.17, 15) is 4.79 Å². The molecule has 1 aromatic heterocycles. The van der Waals surface area contributed by atoms with Crippen LogP contribution in [0, 0.1) is 0 Å². The maximum atomic E-state index is 12.6. The molecule has 0 radical (unpaired) electrons. The molecule has 7 heteroatoms. The van der Waals surface area contributed by atoms with Crippen LogP contribution in [0.15, 0.2) is 30.5 Å². The lowest BCUT2D eigenvalue weighted by molar-refractivity contribution is -0.134. The first-order valence-electron chi connectivity index (χ1n) is 9.78. The Morgan fingerprint density at radius 3 is 2.64 bits per heavy atom. The van der Waals surface area contributed by atoms with Gasteiger partial charge in [-0.3, -0.25) is 4.79 Å². The van der Waals surface area contributed by atoms with Gasteiger partial charge in [0.1, 0.15) is 5.75 Å². The van der Waals surface area contributed by atoms with Crippen LogP contribution in [-0.2, 0) is 22.6 Å². The van der Waals surface area contributed by atoms with Gasteiger partial charge >= 0.3 is 0 Å². The van der Waals surface area contributed by atoms with E-state index in [2.05, 4.69) is 28.7 Å². The number of fused-ring (bicyclic) bond motifs is 1. The van der Waals surface area contributed by atoms with Gasteiger partial charge in [-0.2, -0.15) is 0 Å². The summed E-state index contributed by atoms with van der Waals surface area (Å²) in [5.74, 6) is 1.86. The van der Waals surface area contributed by atoms with Gasteiger partial charge in [0.15, 0.2) is 6.61 Å². The molecule has 3 heterocycles. The predicted octanol–water partition coefficient (Wildman–Crippen LogP) is 2.36. The standard InChI is InChI=1S/C21H26N4O3/c1-15(2)16-3-5-18(6-4-16)28-14-20(26)25-12-17-11-22-21(23-19(17)13-25)24-7-9-27-10-8-24/h3-6,11,15H,7-10,12-14H2,1-2H3. The first-order valence-corrected chi connectivity index (χ1v) is 9.78. The Morgan fingerprint density at radius 1 is 1.18 bits per heavy atom. The van der Waals surface area contributed by atoms with Gasteiger partial charge in [-0.15, -0.1) is 0 Å². The summed E-state index contributed by atoms with van der Waals surface area (Å²) >= 11 is 0. The van der Waals surface area contributed by atoms with Crippen LogP contribution >= 0.6 is 0 Å². The van der Waals surface area contributed by atoms with Gasteiger partial charge in [0.2, 0.25) is 5.95 Å². The monoisotopic (exact) mass is 382 g/mol. The molecule has 2 aliphatic rings. The summed E-state index contributed by atoms with van der Waals surface area (Å²) in [6.07, 6.45) is 1.84. The van der Waals surface area contributed by atoms with Crippen molar-refractivity contribution in [2.75, 3.05) is 37.8 Å². The fraction of sp³-hybridized carbons (Fsp3) is 0.476. The van der Waals surface area contributed by atoms with Crippen LogP contribution in [0.3, 0.4) is 0 Å². The molecule has 7 nitrogen and oxygen atoms in total. The third-order valence-electron chi connectivity index (χ3n) is 5.20. The fourth-order valence-corrected chi connectivity index (χ4v) is 3.42. The van der Waals surface area contributed by atoms with Crippen molar-refractivity contribution in [2.45, 2.75) is 32.9 Å². The molecular weight excluding hydrogens is 356 g/mol. The van der Waals surface area contributed by atoms with Gasteiger partial charge in [-0.05, 0) is 23.6 Å². The van der Waals surface area contributed by atoms with Crippen molar-refractivity contribution in [2.24, 2.45) is 0 Å². The van der Waals surface area contributed by atoms with E-state index < -0.39 is 0 Å². The second-order valence-electron chi connectivity index (χ2n) is 7.50. The van der Waals surface area contributed by atoms with Crippen molar-refractivity contribution in [1.82, 2.24) is 14.9 Å². The SMILES string of the molecule is CC(C)c1ccc(OCC(=O)N2Cc3cnc(N4CCOCC4)nc3C2)cc1.